The molecule has 0 saturated carbocycles. The van der Waals surface area contributed by atoms with E-state index in [1.54, 1.807) is 42.7 Å². The highest BCUT2D eigenvalue weighted by Crippen LogP contribution is 2.16. The zero-order chi connectivity index (χ0) is 17.4. The van der Waals surface area contributed by atoms with Crippen LogP contribution in [0.4, 0.5) is 5.69 Å². The van der Waals surface area contributed by atoms with Crippen molar-refractivity contribution in [2.24, 2.45) is 0 Å². The van der Waals surface area contributed by atoms with E-state index in [9.17, 15) is 14.9 Å². The normalized spacial score (nSPS) is 11.9. The Morgan fingerprint density at radius 3 is 2.72 bits per heavy atom. The van der Waals surface area contributed by atoms with Gasteiger partial charge in [0.15, 0.2) is 5.82 Å². The van der Waals surface area contributed by atoms with Crippen molar-refractivity contribution in [2.75, 3.05) is 0 Å². The number of fused-ring (bicyclic) bond motifs is 1. The Hall–Kier alpha value is -3.46. The molecule has 122 valence electrons. The maximum atomic E-state index is 12.5. The fourth-order valence-corrected chi connectivity index (χ4v) is 3.24. The topological polar surface area (TPSA) is 103 Å². The Morgan fingerprint density at radius 2 is 2.00 bits per heavy atom. The minimum atomic E-state index is -0.473. The van der Waals surface area contributed by atoms with Crippen LogP contribution in [-0.2, 0) is 0 Å². The van der Waals surface area contributed by atoms with Gasteiger partial charge in [-0.15, -0.1) is 5.10 Å². The van der Waals surface area contributed by atoms with Crippen molar-refractivity contribution < 1.29 is 4.92 Å². The molecule has 1 aromatic carbocycles. The van der Waals surface area contributed by atoms with Gasteiger partial charge in [-0.3, -0.25) is 19.9 Å². The molecule has 0 aliphatic heterocycles. The van der Waals surface area contributed by atoms with Crippen LogP contribution in [-0.4, -0.2) is 24.5 Å². The van der Waals surface area contributed by atoms with E-state index < -0.39 is 4.92 Å². The molecule has 0 saturated heterocycles. The summed E-state index contributed by atoms with van der Waals surface area (Å²) in [5.74, 6) is 0.452. The van der Waals surface area contributed by atoms with Gasteiger partial charge in [0.05, 0.1) is 9.46 Å². The minimum absolute atomic E-state index is 0.0272. The molecule has 0 unspecified atom stereocenters. The summed E-state index contributed by atoms with van der Waals surface area (Å²) in [4.78, 5) is 31.6. The van der Waals surface area contributed by atoms with Gasteiger partial charge in [0, 0.05) is 30.1 Å². The number of nitro groups is 1. The van der Waals surface area contributed by atoms with Crippen molar-refractivity contribution in [3.63, 3.8) is 0 Å². The highest BCUT2D eigenvalue weighted by atomic mass is 32.1. The quantitative estimate of drug-likeness (QED) is 0.411. The lowest BCUT2D eigenvalue weighted by Gasteiger charge is -1.93. The first-order valence-corrected chi connectivity index (χ1v) is 7.99. The summed E-state index contributed by atoms with van der Waals surface area (Å²) in [7, 11) is 0. The maximum absolute atomic E-state index is 12.5. The molecule has 3 aromatic heterocycles. The van der Waals surface area contributed by atoms with Crippen molar-refractivity contribution in [1.29, 1.82) is 0 Å². The van der Waals surface area contributed by atoms with Crippen LogP contribution < -0.4 is 10.1 Å². The lowest BCUT2D eigenvalue weighted by Crippen LogP contribution is -2.23. The Bertz CT molecular complexity index is 1200. The highest BCUT2D eigenvalue weighted by Gasteiger charge is 2.12. The molecule has 0 aliphatic carbocycles. The largest absolute Gasteiger partial charge is 0.291 e. The molecule has 25 heavy (non-hydrogen) atoms. The Labute approximate surface area is 143 Å². The number of rotatable bonds is 3. The number of thiazole rings is 1. The van der Waals surface area contributed by atoms with Crippen molar-refractivity contribution in [1.82, 2.24) is 19.6 Å². The molecular formula is C16H9N5O3S. The van der Waals surface area contributed by atoms with Crippen molar-refractivity contribution in [3.8, 4) is 11.4 Å². The molecular weight excluding hydrogens is 342 g/mol. The van der Waals surface area contributed by atoms with Crippen LogP contribution >= 0.6 is 11.3 Å². The van der Waals surface area contributed by atoms with Gasteiger partial charge in [-0.1, -0.05) is 23.5 Å². The first-order chi connectivity index (χ1) is 12.1. The molecule has 0 amide bonds. The van der Waals surface area contributed by atoms with E-state index in [0.717, 1.165) is 5.56 Å². The molecule has 9 heteroatoms. The second-order valence-corrected chi connectivity index (χ2v) is 6.14. The summed E-state index contributed by atoms with van der Waals surface area (Å²) >= 11 is 1.18. The molecule has 3 heterocycles. The zero-order valence-corrected chi connectivity index (χ0v) is 13.4. The predicted octanol–water partition coefficient (Wildman–Crippen LogP) is 1.67. The lowest BCUT2D eigenvalue weighted by molar-refractivity contribution is -0.384. The number of nitro benzene ring substituents is 1. The number of pyridine rings is 1. The third-order valence-electron chi connectivity index (χ3n) is 3.50. The highest BCUT2D eigenvalue weighted by molar-refractivity contribution is 7.15. The van der Waals surface area contributed by atoms with Crippen LogP contribution in [0.15, 0.2) is 53.6 Å². The Balaban J connectivity index is 1.81. The molecule has 0 atom stereocenters. The molecule has 0 radical (unpaired) electrons. The van der Waals surface area contributed by atoms with Crippen LogP contribution in [0.3, 0.4) is 0 Å². The van der Waals surface area contributed by atoms with E-state index in [2.05, 4.69) is 15.1 Å². The summed E-state index contributed by atoms with van der Waals surface area (Å²) < 4.78 is 1.65. The first kappa shape index (κ1) is 15.1. The Kier molecular flexibility index (Phi) is 3.55. The summed E-state index contributed by atoms with van der Waals surface area (Å²) in [6.07, 6.45) is 4.86. The molecule has 8 nitrogen and oxygen atoms in total. The van der Waals surface area contributed by atoms with E-state index in [-0.39, 0.29) is 11.2 Å². The first-order valence-electron chi connectivity index (χ1n) is 7.18. The van der Waals surface area contributed by atoms with Crippen LogP contribution in [0.25, 0.3) is 22.4 Å². The second-order valence-electron chi connectivity index (χ2n) is 5.13. The van der Waals surface area contributed by atoms with Gasteiger partial charge < -0.3 is 0 Å². The van der Waals surface area contributed by atoms with Crippen molar-refractivity contribution in [3.05, 3.63) is 79.4 Å². The molecule has 0 spiro atoms. The zero-order valence-electron chi connectivity index (χ0n) is 12.6. The standard InChI is InChI=1S/C16H9N5O3S/c22-15-13(9-10-2-1-3-12(8-10)21(23)24)25-16-18-14(19-20(15)16)11-4-6-17-7-5-11/h1-9H/b13-9-. The average molecular weight is 351 g/mol. The molecule has 0 N–H and O–H groups in total. The smallest absolute Gasteiger partial charge is 0.266 e. The van der Waals surface area contributed by atoms with Gasteiger partial charge in [0.25, 0.3) is 11.2 Å². The Morgan fingerprint density at radius 1 is 1.20 bits per heavy atom. The molecule has 0 aliphatic rings. The van der Waals surface area contributed by atoms with Crippen molar-refractivity contribution in [2.45, 2.75) is 0 Å². The van der Waals surface area contributed by atoms with E-state index in [1.807, 2.05) is 0 Å². The summed E-state index contributed by atoms with van der Waals surface area (Å²) in [5, 5.41) is 15.1. The summed E-state index contributed by atoms with van der Waals surface area (Å²) in [6.45, 7) is 0. The van der Waals surface area contributed by atoms with Crippen LogP contribution in [0, 0.1) is 10.1 Å². The van der Waals surface area contributed by atoms with Gasteiger partial charge in [0.2, 0.25) is 4.96 Å². The summed E-state index contributed by atoms with van der Waals surface area (Å²) in [6, 6.07) is 9.62. The third kappa shape index (κ3) is 2.76. The van der Waals surface area contributed by atoms with Crippen LogP contribution in [0.5, 0.6) is 0 Å². The van der Waals surface area contributed by atoms with Crippen LogP contribution in [0.2, 0.25) is 0 Å². The number of benzene rings is 1. The molecule has 0 fully saturated rings. The lowest BCUT2D eigenvalue weighted by atomic mass is 10.2. The van der Waals surface area contributed by atoms with E-state index in [1.165, 1.54) is 28.0 Å². The molecule has 0 bridgehead atoms. The SMILES string of the molecule is O=c1/c(=C/c2cccc([N+](=O)[O-])c2)sc2nc(-c3ccncc3)nn12. The number of non-ortho nitro benzene ring substituents is 1. The fraction of sp³-hybridized carbons (Fsp3) is 0. The van der Waals surface area contributed by atoms with Crippen LogP contribution in [0.1, 0.15) is 5.56 Å². The monoisotopic (exact) mass is 351 g/mol. The number of nitrogens with zero attached hydrogens (tertiary/aromatic N) is 5. The molecule has 4 rings (SSSR count). The number of hydrogen-bond donors (Lipinski definition) is 0. The summed E-state index contributed by atoms with van der Waals surface area (Å²) in [5.41, 5.74) is 1.01. The average Bonchev–Trinajstić information content (AvgIpc) is 3.16. The van der Waals surface area contributed by atoms with Gasteiger partial charge >= 0.3 is 0 Å². The van der Waals surface area contributed by atoms with E-state index in [4.69, 9.17) is 0 Å². The van der Waals surface area contributed by atoms with E-state index >= 15 is 0 Å². The maximum Gasteiger partial charge on any atom is 0.291 e. The number of aromatic nitrogens is 4. The fourth-order valence-electron chi connectivity index (χ4n) is 2.34. The van der Waals surface area contributed by atoms with E-state index in [0.29, 0.717) is 20.9 Å². The minimum Gasteiger partial charge on any atom is -0.266 e. The van der Waals surface area contributed by atoms with Gasteiger partial charge in [-0.2, -0.15) is 9.50 Å². The third-order valence-corrected chi connectivity index (χ3v) is 4.46. The van der Waals surface area contributed by atoms with Gasteiger partial charge in [0.1, 0.15) is 0 Å². The second kappa shape index (κ2) is 5.87. The van der Waals surface area contributed by atoms with Gasteiger partial charge in [-0.05, 0) is 23.8 Å². The molecule has 4 aromatic rings. The van der Waals surface area contributed by atoms with Crippen molar-refractivity contribution >= 4 is 28.1 Å². The predicted molar refractivity (Wildman–Crippen MR) is 92.2 cm³/mol. The van der Waals surface area contributed by atoms with Gasteiger partial charge in [-0.25, -0.2) is 0 Å². The number of hydrogen-bond acceptors (Lipinski definition) is 7.